The van der Waals surface area contributed by atoms with E-state index in [2.05, 4.69) is 20.3 Å². The molecule has 0 unspecified atom stereocenters. The van der Waals surface area contributed by atoms with Crippen molar-refractivity contribution in [3.05, 3.63) is 41.2 Å². The lowest BCUT2D eigenvalue weighted by atomic mass is 10.1. The van der Waals surface area contributed by atoms with Crippen LogP contribution in [-0.2, 0) is 7.05 Å². The van der Waals surface area contributed by atoms with E-state index in [4.69, 9.17) is 16.0 Å². The molecule has 0 spiro atoms. The number of anilines is 1. The average molecular weight is 360 g/mol. The van der Waals surface area contributed by atoms with Gasteiger partial charge < -0.3 is 14.6 Å². The molecule has 7 nitrogen and oxygen atoms in total. The number of aromatic nitrogens is 3. The van der Waals surface area contributed by atoms with Gasteiger partial charge in [-0.25, -0.2) is 0 Å². The van der Waals surface area contributed by atoms with Crippen LogP contribution in [0.2, 0.25) is 5.02 Å². The van der Waals surface area contributed by atoms with Crippen molar-refractivity contribution in [2.24, 2.45) is 7.05 Å². The monoisotopic (exact) mass is 359 g/mol. The number of carbonyl (C=O) groups excluding carboxylic acids is 1. The van der Waals surface area contributed by atoms with E-state index >= 15 is 0 Å². The molecule has 130 valence electrons. The predicted molar refractivity (Wildman–Crippen MR) is 94.9 cm³/mol. The Morgan fingerprint density at radius 3 is 2.84 bits per heavy atom. The number of halogens is 1. The number of rotatable bonds is 3. The number of hydrogen-bond acceptors (Lipinski definition) is 5. The number of carbonyl (C=O) groups is 1. The van der Waals surface area contributed by atoms with Gasteiger partial charge in [0.2, 0.25) is 0 Å². The van der Waals surface area contributed by atoms with Crippen LogP contribution in [-0.4, -0.2) is 39.8 Å². The van der Waals surface area contributed by atoms with Gasteiger partial charge in [-0.05, 0) is 37.1 Å². The van der Waals surface area contributed by atoms with Crippen LogP contribution >= 0.6 is 11.6 Å². The van der Waals surface area contributed by atoms with E-state index in [1.54, 1.807) is 36.1 Å². The average Bonchev–Trinajstić information content (AvgIpc) is 3.21. The van der Waals surface area contributed by atoms with Gasteiger partial charge in [0.15, 0.2) is 5.58 Å². The van der Waals surface area contributed by atoms with Crippen molar-refractivity contribution in [3.63, 3.8) is 0 Å². The van der Waals surface area contributed by atoms with Gasteiger partial charge in [-0.2, -0.15) is 10.1 Å². The highest BCUT2D eigenvalue weighted by Crippen LogP contribution is 2.26. The first-order valence-electron chi connectivity index (χ1n) is 8.20. The number of hydrogen-bond donors (Lipinski definition) is 1. The molecular weight excluding hydrogens is 342 g/mol. The summed E-state index contributed by atoms with van der Waals surface area (Å²) in [5, 5.41) is 7.74. The number of aryl methyl sites for hydroxylation is 1. The number of benzene rings is 1. The van der Waals surface area contributed by atoms with Crippen molar-refractivity contribution in [1.29, 1.82) is 0 Å². The van der Waals surface area contributed by atoms with Gasteiger partial charge in [0.05, 0.1) is 0 Å². The Bertz CT molecular complexity index is 911. The second kappa shape index (κ2) is 6.40. The molecule has 0 bridgehead atoms. The minimum atomic E-state index is -0.0880. The van der Waals surface area contributed by atoms with Crippen LogP contribution in [0.5, 0.6) is 0 Å². The number of nitrogens with one attached hydrogen (secondary N) is 1. The fraction of sp³-hybridized carbons (Fsp3) is 0.353. The van der Waals surface area contributed by atoms with E-state index < -0.39 is 0 Å². The Morgan fingerprint density at radius 2 is 2.12 bits per heavy atom. The molecule has 8 heteroatoms. The number of fused-ring (bicyclic) bond motifs is 1. The first-order valence-corrected chi connectivity index (χ1v) is 8.58. The highest BCUT2D eigenvalue weighted by Gasteiger charge is 2.24. The Hall–Kier alpha value is -2.54. The van der Waals surface area contributed by atoms with E-state index in [1.165, 1.54) is 0 Å². The van der Waals surface area contributed by atoms with Crippen molar-refractivity contribution in [1.82, 2.24) is 20.1 Å². The molecule has 0 atom stereocenters. The van der Waals surface area contributed by atoms with Gasteiger partial charge in [0, 0.05) is 37.4 Å². The largest absolute Gasteiger partial charge is 0.423 e. The van der Waals surface area contributed by atoms with Crippen LogP contribution in [0.1, 0.15) is 23.3 Å². The highest BCUT2D eigenvalue weighted by atomic mass is 35.5. The number of amides is 1. The number of nitrogens with zero attached hydrogens (tertiary/aromatic N) is 4. The summed E-state index contributed by atoms with van der Waals surface area (Å²) in [6, 6.07) is 7.87. The molecule has 3 heterocycles. The van der Waals surface area contributed by atoms with Crippen LogP contribution in [0, 0.1) is 0 Å². The van der Waals surface area contributed by atoms with Crippen molar-refractivity contribution in [2.45, 2.75) is 18.9 Å². The first kappa shape index (κ1) is 16.0. The molecule has 25 heavy (non-hydrogen) atoms. The molecule has 3 aromatic rings. The molecule has 0 radical (unpaired) electrons. The molecule has 1 aromatic carbocycles. The van der Waals surface area contributed by atoms with E-state index in [9.17, 15) is 4.79 Å². The van der Waals surface area contributed by atoms with E-state index in [0.29, 0.717) is 16.7 Å². The van der Waals surface area contributed by atoms with Gasteiger partial charge >= 0.3 is 0 Å². The summed E-state index contributed by atoms with van der Waals surface area (Å²) in [7, 11) is 1.76. The van der Waals surface area contributed by atoms with Crippen LogP contribution < -0.4 is 10.2 Å². The second-order valence-electron chi connectivity index (χ2n) is 6.18. The SMILES string of the molecule is Cn1nccc1C(=O)NC1CCN(c2nc3cc(Cl)ccc3o2)CC1. The van der Waals surface area contributed by atoms with Crippen molar-refractivity contribution in [3.8, 4) is 0 Å². The summed E-state index contributed by atoms with van der Waals surface area (Å²) in [5.74, 6) is -0.0880. The van der Waals surface area contributed by atoms with Crippen LogP contribution in [0.4, 0.5) is 6.01 Å². The molecule has 0 saturated carbocycles. The minimum Gasteiger partial charge on any atom is -0.423 e. The summed E-state index contributed by atoms with van der Waals surface area (Å²) in [5.41, 5.74) is 2.05. The lowest BCUT2D eigenvalue weighted by Gasteiger charge is -2.31. The fourth-order valence-corrected chi connectivity index (χ4v) is 3.26. The number of oxazole rings is 1. The van der Waals surface area contributed by atoms with E-state index in [1.807, 2.05) is 6.07 Å². The standard InChI is InChI=1S/C17H18ClN5O2/c1-22-14(4-7-19-22)16(24)20-12-5-8-23(9-6-12)17-21-13-10-11(18)2-3-15(13)25-17/h2-4,7,10,12H,5-6,8-9H2,1H3,(H,20,24). The normalized spacial score (nSPS) is 15.7. The quantitative estimate of drug-likeness (QED) is 0.778. The zero-order chi connectivity index (χ0) is 17.4. The molecule has 1 amide bonds. The van der Waals surface area contributed by atoms with Crippen molar-refractivity contribution >= 4 is 34.6 Å². The maximum Gasteiger partial charge on any atom is 0.298 e. The molecule has 2 aromatic heterocycles. The first-order chi connectivity index (χ1) is 12.1. The maximum absolute atomic E-state index is 12.3. The third kappa shape index (κ3) is 3.19. The molecular formula is C17H18ClN5O2. The highest BCUT2D eigenvalue weighted by molar-refractivity contribution is 6.31. The molecule has 1 saturated heterocycles. The van der Waals surface area contributed by atoms with Gasteiger partial charge in [0.25, 0.3) is 11.9 Å². The lowest BCUT2D eigenvalue weighted by Crippen LogP contribution is -2.45. The number of piperidine rings is 1. The molecule has 4 rings (SSSR count). The van der Waals surface area contributed by atoms with Crippen LogP contribution in [0.25, 0.3) is 11.1 Å². The Balaban J connectivity index is 1.39. The zero-order valence-corrected chi connectivity index (χ0v) is 14.5. The topological polar surface area (TPSA) is 76.2 Å². The summed E-state index contributed by atoms with van der Waals surface area (Å²) in [4.78, 5) is 18.9. The summed E-state index contributed by atoms with van der Waals surface area (Å²) in [6.45, 7) is 1.55. The Kier molecular flexibility index (Phi) is 4.09. The zero-order valence-electron chi connectivity index (χ0n) is 13.8. The van der Waals surface area contributed by atoms with Crippen molar-refractivity contribution in [2.75, 3.05) is 18.0 Å². The minimum absolute atomic E-state index is 0.0880. The maximum atomic E-state index is 12.3. The molecule has 0 aliphatic carbocycles. The van der Waals surface area contributed by atoms with Crippen molar-refractivity contribution < 1.29 is 9.21 Å². The third-order valence-corrected chi connectivity index (χ3v) is 4.73. The van der Waals surface area contributed by atoms with Gasteiger partial charge in [0.1, 0.15) is 11.2 Å². The third-order valence-electron chi connectivity index (χ3n) is 4.49. The summed E-state index contributed by atoms with van der Waals surface area (Å²) in [6.07, 6.45) is 3.29. The lowest BCUT2D eigenvalue weighted by molar-refractivity contribution is 0.0921. The Labute approximate surface area is 149 Å². The van der Waals surface area contributed by atoms with Gasteiger partial charge in [-0.3, -0.25) is 9.48 Å². The Morgan fingerprint density at radius 1 is 1.32 bits per heavy atom. The van der Waals surface area contributed by atoms with Gasteiger partial charge in [-0.15, -0.1) is 0 Å². The van der Waals surface area contributed by atoms with E-state index in [0.717, 1.165) is 37.0 Å². The smallest absolute Gasteiger partial charge is 0.298 e. The molecule has 1 aliphatic heterocycles. The van der Waals surface area contributed by atoms with E-state index in [-0.39, 0.29) is 11.9 Å². The molecule has 1 aliphatic rings. The second-order valence-corrected chi connectivity index (χ2v) is 6.62. The van der Waals surface area contributed by atoms with Gasteiger partial charge in [-0.1, -0.05) is 11.6 Å². The summed E-state index contributed by atoms with van der Waals surface area (Å²) >= 11 is 5.99. The fourth-order valence-electron chi connectivity index (χ4n) is 3.09. The molecule has 1 fully saturated rings. The predicted octanol–water partition coefficient (Wildman–Crippen LogP) is 2.61. The summed E-state index contributed by atoms with van der Waals surface area (Å²) < 4.78 is 7.39. The van der Waals surface area contributed by atoms with Crippen LogP contribution in [0.15, 0.2) is 34.9 Å². The molecule has 1 N–H and O–H groups in total. The van der Waals surface area contributed by atoms with Crippen LogP contribution in [0.3, 0.4) is 0 Å².